The number of nitrogens with zero attached hydrogens (tertiary/aromatic N) is 2. The molecule has 0 bridgehead atoms. The highest BCUT2D eigenvalue weighted by Gasteiger charge is 2.24. The second-order valence-electron chi connectivity index (χ2n) is 8.15. The SMILES string of the molecule is COc1ccccc1N1CCN(CC(C)C(=O)Oc2ccc3c(c2)NC(=O)CC3)CC1. The third kappa shape index (κ3) is 4.99. The summed E-state index contributed by atoms with van der Waals surface area (Å²) >= 11 is 0. The first-order valence-corrected chi connectivity index (χ1v) is 10.8. The zero-order valence-electron chi connectivity index (χ0n) is 18.1. The van der Waals surface area contributed by atoms with E-state index in [9.17, 15) is 9.59 Å². The molecule has 4 rings (SSSR count). The maximum Gasteiger partial charge on any atom is 0.315 e. The molecule has 2 aliphatic heterocycles. The maximum atomic E-state index is 12.6. The van der Waals surface area contributed by atoms with E-state index in [-0.39, 0.29) is 17.8 Å². The Bertz CT molecular complexity index is 954. The summed E-state index contributed by atoms with van der Waals surface area (Å²) in [5.41, 5.74) is 2.92. The van der Waals surface area contributed by atoms with Crippen molar-refractivity contribution >= 4 is 23.3 Å². The molecule has 0 spiro atoms. The van der Waals surface area contributed by atoms with E-state index >= 15 is 0 Å². The van der Waals surface area contributed by atoms with E-state index in [0.717, 1.165) is 48.9 Å². The number of benzene rings is 2. The van der Waals surface area contributed by atoms with Gasteiger partial charge in [-0.1, -0.05) is 25.1 Å². The zero-order chi connectivity index (χ0) is 21.8. The van der Waals surface area contributed by atoms with Gasteiger partial charge in [-0.05, 0) is 30.2 Å². The second kappa shape index (κ2) is 9.39. The Morgan fingerprint density at radius 1 is 1.10 bits per heavy atom. The minimum atomic E-state index is -0.255. The van der Waals surface area contributed by atoms with Crippen molar-refractivity contribution in [3.05, 3.63) is 48.0 Å². The van der Waals surface area contributed by atoms with Gasteiger partial charge in [-0.3, -0.25) is 14.5 Å². The molecule has 2 aromatic rings. The van der Waals surface area contributed by atoms with E-state index in [1.54, 1.807) is 19.2 Å². The van der Waals surface area contributed by atoms with Crippen LogP contribution in [0.15, 0.2) is 42.5 Å². The number of ether oxygens (including phenoxy) is 2. The molecule has 1 fully saturated rings. The number of rotatable bonds is 6. The summed E-state index contributed by atoms with van der Waals surface area (Å²) in [7, 11) is 1.69. The molecule has 0 aliphatic carbocycles. The van der Waals surface area contributed by atoms with E-state index in [1.165, 1.54) is 0 Å². The first kappa shape index (κ1) is 21.2. The number of nitrogens with one attached hydrogen (secondary N) is 1. The zero-order valence-corrected chi connectivity index (χ0v) is 18.1. The number of para-hydroxylation sites is 2. The molecule has 0 saturated carbocycles. The molecule has 1 amide bonds. The van der Waals surface area contributed by atoms with Crippen LogP contribution in [0, 0.1) is 5.92 Å². The average molecular weight is 424 g/mol. The van der Waals surface area contributed by atoms with Gasteiger partial charge in [0, 0.05) is 50.9 Å². The lowest BCUT2D eigenvalue weighted by Gasteiger charge is -2.37. The molecule has 7 heteroatoms. The van der Waals surface area contributed by atoms with E-state index in [2.05, 4.69) is 21.2 Å². The molecule has 1 N–H and O–H groups in total. The topological polar surface area (TPSA) is 71.1 Å². The van der Waals surface area contributed by atoms with Crippen LogP contribution in [0.25, 0.3) is 0 Å². The van der Waals surface area contributed by atoms with Crippen LogP contribution < -0.4 is 19.7 Å². The van der Waals surface area contributed by atoms with Crippen LogP contribution in [0.3, 0.4) is 0 Å². The number of fused-ring (bicyclic) bond motifs is 1. The van der Waals surface area contributed by atoms with Crippen molar-refractivity contribution in [2.45, 2.75) is 19.8 Å². The van der Waals surface area contributed by atoms with E-state index in [4.69, 9.17) is 9.47 Å². The average Bonchev–Trinajstić information content (AvgIpc) is 2.79. The standard InChI is InChI=1S/C24H29N3O4/c1-17(24(29)31-19-9-7-18-8-10-23(28)25-20(18)15-19)16-26-11-13-27(14-12-26)21-5-3-4-6-22(21)30-2/h3-7,9,15,17H,8,10-14,16H2,1-2H3,(H,25,28). The Morgan fingerprint density at radius 3 is 2.65 bits per heavy atom. The molecule has 31 heavy (non-hydrogen) atoms. The van der Waals surface area contributed by atoms with E-state index < -0.39 is 0 Å². The fraction of sp³-hybridized carbons (Fsp3) is 0.417. The Hall–Kier alpha value is -3.06. The van der Waals surface area contributed by atoms with Crippen LogP contribution in [0.4, 0.5) is 11.4 Å². The van der Waals surface area contributed by atoms with Crippen LogP contribution >= 0.6 is 0 Å². The number of carbonyl (C=O) groups is 2. The van der Waals surface area contributed by atoms with E-state index in [1.807, 2.05) is 31.2 Å². The molecular formula is C24H29N3O4. The first-order chi connectivity index (χ1) is 15.0. The fourth-order valence-corrected chi connectivity index (χ4v) is 4.16. The summed E-state index contributed by atoms with van der Waals surface area (Å²) in [5.74, 6) is 0.849. The maximum absolute atomic E-state index is 12.6. The highest BCUT2D eigenvalue weighted by atomic mass is 16.5. The Kier molecular flexibility index (Phi) is 6.42. The van der Waals surface area contributed by atoms with Gasteiger partial charge in [-0.15, -0.1) is 0 Å². The molecule has 0 aromatic heterocycles. The molecule has 2 aliphatic rings. The van der Waals surface area contributed by atoms with Gasteiger partial charge in [0.25, 0.3) is 0 Å². The Labute approximate surface area is 182 Å². The molecule has 1 atom stereocenters. The summed E-state index contributed by atoms with van der Waals surface area (Å²) in [5, 5.41) is 2.84. The number of carbonyl (C=O) groups excluding carboxylic acids is 2. The normalized spacial score (nSPS) is 17.5. The van der Waals surface area contributed by atoms with Crippen molar-refractivity contribution in [1.29, 1.82) is 0 Å². The number of amides is 1. The van der Waals surface area contributed by atoms with Gasteiger partial charge in [0.2, 0.25) is 5.91 Å². The molecule has 7 nitrogen and oxygen atoms in total. The second-order valence-corrected chi connectivity index (χ2v) is 8.15. The van der Waals surface area contributed by atoms with Crippen molar-refractivity contribution in [3.63, 3.8) is 0 Å². The predicted octanol–water partition coefficient (Wildman–Crippen LogP) is 2.94. The molecule has 1 saturated heterocycles. The van der Waals surface area contributed by atoms with Crippen molar-refractivity contribution < 1.29 is 19.1 Å². The Balaban J connectivity index is 1.29. The number of anilines is 2. The van der Waals surface area contributed by atoms with Crippen molar-refractivity contribution in [3.8, 4) is 11.5 Å². The summed E-state index contributed by atoms with van der Waals surface area (Å²) in [6, 6.07) is 13.5. The fourth-order valence-electron chi connectivity index (χ4n) is 4.16. The monoisotopic (exact) mass is 423 g/mol. The predicted molar refractivity (Wildman–Crippen MR) is 120 cm³/mol. The number of piperazine rings is 1. The van der Waals surface area contributed by atoms with Gasteiger partial charge >= 0.3 is 5.97 Å². The van der Waals surface area contributed by atoms with Gasteiger partial charge in [-0.2, -0.15) is 0 Å². The number of hydrogen-bond donors (Lipinski definition) is 1. The van der Waals surface area contributed by atoms with Gasteiger partial charge < -0.3 is 19.7 Å². The summed E-state index contributed by atoms with van der Waals surface area (Å²) in [4.78, 5) is 28.8. The van der Waals surface area contributed by atoms with Crippen molar-refractivity contribution in [2.24, 2.45) is 5.92 Å². The van der Waals surface area contributed by atoms with Crippen LogP contribution in [0.2, 0.25) is 0 Å². The van der Waals surface area contributed by atoms with Crippen molar-refractivity contribution in [2.75, 3.05) is 50.1 Å². The number of methoxy groups -OCH3 is 1. The third-order valence-corrected chi connectivity index (χ3v) is 5.93. The smallest absolute Gasteiger partial charge is 0.315 e. The molecule has 1 unspecified atom stereocenters. The minimum Gasteiger partial charge on any atom is -0.495 e. The number of aryl methyl sites for hydroxylation is 1. The lowest BCUT2D eigenvalue weighted by Crippen LogP contribution is -2.48. The van der Waals surface area contributed by atoms with Gasteiger partial charge in [0.05, 0.1) is 18.7 Å². The molecular weight excluding hydrogens is 394 g/mol. The van der Waals surface area contributed by atoms with Crippen LogP contribution in [0.1, 0.15) is 18.9 Å². The summed E-state index contributed by atoms with van der Waals surface area (Å²) < 4.78 is 11.1. The third-order valence-electron chi connectivity index (χ3n) is 5.93. The number of esters is 1. The molecule has 2 aromatic carbocycles. The largest absolute Gasteiger partial charge is 0.495 e. The lowest BCUT2D eigenvalue weighted by atomic mass is 10.0. The quantitative estimate of drug-likeness (QED) is 0.569. The first-order valence-electron chi connectivity index (χ1n) is 10.8. The molecule has 164 valence electrons. The lowest BCUT2D eigenvalue weighted by molar-refractivity contribution is -0.139. The summed E-state index contributed by atoms with van der Waals surface area (Å²) in [6.45, 7) is 6.07. The van der Waals surface area contributed by atoms with E-state index in [0.29, 0.717) is 25.1 Å². The van der Waals surface area contributed by atoms with Crippen LogP contribution in [-0.4, -0.2) is 56.6 Å². The number of hydrogen-bond acceptors (Lipinski definition) is 6. The van der Waals surface area contributed by atoms with Gasteiger partial charge in [-0.25, -0.2) is 0 Å². The van der Waals surface area contributed by atoms with Crippen molar-refractivity contribution in [1.82, 2.24) is 4.90 Å². The van der Waals surface area contributed by atoms with Gasteiger partial charge in [0.1, 0.15) is 11.5 Å². The highest BCUT2D eigenvalue weighted by molar-refractivity contribution is 5.94. The van der Waals surface area contributed by atoms with Gasteiger partial charge in [0.15, 0.2) is 0 Å². The Morgan fingerprint density at radius 2 is 1.87 bits per heavy atom. The van der Waals surface area contributed by atoms with Crippen LogP contribution in [0.5, 0.6) is 11.5 Å². The summed E-state index contributed by atoms with van der Waals surface area (Å²) in [6.07, 6.45) is 1.21. The minimum absolute atomic E-state index is 0.00314. The van der Waals surface area contributed by atoms with Crippen LogP contribution in [-0.2, 0) is 16.0 Å². The highest BCUT2D eigenvalue weighted by Crippen LogP contribution is 2.29. The molecule has 0 radical (unpaired) electrons. The molecule has 2 heterocycles.